The summed E-state index contributed by atoms with van der Waals surface area (Å²) in [6.07, 6.45) is 0.288. The van der Waals surface area contributed by atoms with Crippen LogP contribution in [-0.2, 0) is 19.7 Å². The standard InChI is InChI=1S/C19H28N2O4/c1-19(2,15-7-5-4-6-8-15)11-17(22)21-9-10-25-16(13-21)12-20(3)14-18(23)24/h4-8,16H,9-14H2,1-3H3,(H,23,24). The lowest BCUT2D eigenvalue weighted by molar-refractivity contribution is -0.143. The number of carboxylic acids is 1. The molecule has 1 amide bonds. The van der Waals surface area contributed by atoms with Crippen LogP contribution < -0.4 is 0 Å². The van der Waals surface area contributed by atoms with Gasteiger partial charge < -0.3 is 14.7 Å². The molecule has 1 atom stereocenters. The Morgan fingerprint density at radius 2 is 2.00 bits per heavy atom. The van der Waals surface area contributed by atoms with Crippen LogP contribution in [0.2, 0.25) is 0 Å². The van der Waals surface area contributed by atoms with E-state index in [-0.39, 0.29) is 24.0 Å². The second-order valence-corrected chi connectivity index (χ2v) is 7.35. The topological polar surface area (TPSA) is 70.1 Å². The van der Waals surface area contributed by atoms with Gasteiger partial charge in [0, 0.05) is 26.1 Å². The van der Waals surface area contributed by atoms with E-state index in [9.17, 15) is 9.59 Å². The van der Waals surface area contributed by atoms with Crippen molar-refractivity contribution in [2.45, 2.75) is 31.8 Å². The zero-order valence-corrected chi connectivity index (χ0v) is 15.3. The second-order valence-electron chi connectivity index (χ2n) is 7.35. The largest absolute Gasteiger partial charge is 0.480 e. The van der Waals surface area contributed by atoms with Crippen molar-refractivity contribution < 1.29 is 19.4 Å². The van der Waals surface area contributed by atoms with Gasteiger partial charge in [0.1, 0.15) is 0 Å². The molecule has 6 heteroatoms. The molecule has 1 heterocycles. The van der Waals surface area contributed by atoms with Crippen molar-refractivity contribution >= 4 is 11.9 Å². The predicted molar refractivity (Wildman–Crippen MR) is 95.5 cm³/mol. The number of nitrogens with zero attached hydrogens (tertiary/aromatic N) is 2. The van der Waals surface area contributed by atoms with Gasteiger partial charge >= 0.3 is 5.97 Å². The molecule has 138 valence electrons. The molecule has 1 N–H and O–H groups in total. The number of rotatable bonds is 7. The van der Waals surface area contributed by atoms with Crippen LogP contribution in [0.25, 0.3) is 0 Å². The number of hydrogen-bond acceptors (Lipinski definition) is 4. The fourth-order valence-electron chi connectivity index (χ4n) is 3.18. The van der Waals surface area contributed by atoms with Gasteiger partial charge in [-0.1, -0.05) is 44.2 Å². The number of ether oxygens (including phenoxy) is 1. The van der Waals surface area contributed by atoms with Crippen LogP contribution in [0, 0.1) is 0 Å². The Morgan fingerprint density at radius 3 is 2.64 bits per heavy atom. The number of benzene rings is 1. The van der Waals surface area contributed by atoms with Crippen molar-refractivity contribution in [3.63, 3.8) is 0 Å². The lowest BCUT2D eigenvalue weighted by Gasteiger charge is -2.36. The van der Waals surface area contributed by atoms with Crippen molar-refractivity contribution in [3.05, 3.63) is 35.9 Å². The summed E-state index contributed by atoms with van der Waals surface area (Å²) in [4.78, 5) is 27.1. The lowest BCUT2D eigenvalue weighted by Crippen LogP contribution is -2.50. The van der Waals surface area contributed by atoms with Crippen molar-refractivity contribution in [3.8, 4) is 0 Å². The summed E-state index contributed by atoms with van der Waals surface area (Å²) >= 11 is 0. The Balaban J connectivity index is 1.92. The summed E-state index contributed by atoms with van der Waals surface area (Å²) < 4.78 is 5.70. The predicted octanol–water partition coefficient (Wildman–Crippen LogP) is 1.60. The van der Waals surface area contributed by atoms with Crippen LogP contribution >= 0.6 is 0 Å². The van der Waals surface area contributed by atoms with Gasteiger partial charge in [-0.05, 0) is 18.0 Å². The van der Waals surface area contributed by atoms with Crippen LogP contribution in [0.15, 0.2) is 30.3 Å². The van der Waals surface area contributed by atoms with Gasteiger partial charge in [-0.2, -0.15) is 0 Å². The molecule has 25 heavy (non-hydrogen) atoms. The highest BCUT2D eigenvalue weighted by molar-refractivity contribution is 5.78. The normalized spacial score (nSPS) is 18.4. The highest BCUT2D eigenvalue weighted by Gasteiger charge is 2.30. The van der Waals surface area contributed by atoms with E-state index in [4.69, 9.17) is 9.84 Å². The molecule has 1 unspecified atom stereocenters. The number of hydrogen-bond donors (Lipinski definition) is 1. The fourth-order valence-corrected chi connectivity index (χ4v) is 3.18. The molecular formula is C19H28N2O4. The molecule has 0 spiro atoms. The van der Waals surface area contributed by atoms with E-state index in [0.29, 0.717) is 32.7 Å². The first-order chi connectivity index (χ1) is 11.8. The summed E-state index contributed by atoms with van der Waals surface area (Å²) in [6, 6.07) is 10.1. The van der Waals surface area contributed by atoms with E-state index >= 15 is 0 Å². The molecule has 1 fully saturated rings. The molecule has 1 aromatic rings. The maximum atomic E-state index is 12.8. The average molecular weight is 348 g/mol. The number of carboxylic acid groups (broad SMARTS) is 1. The fraction of sp³-hybridized carbons (Fsp3) is 0.579. The average Bonchev–Trinajstić information content (AvgIpc) is 2.54. The third kappa shape index (κ3) is 5.83. The van der Waals surface area contributed by atoms with E-state index in [1.165, 1.54) is 0 Å². The Bertz CT molecular complexity index is 588. The lowest BCUT2D eigenvalue weighted by atomic mass is 9.81. The second kappa shape index (κ2) is 8.45. The van der Waals surface area contributed by atoms with E-state index in [1.807, 2.05) is 23.1 Å². The molecule has 1 saturated heterocycles. The smallest absolute Gasteiger partial charge is 0.317 e. The number of likely N-dealkylation sites (N-methyl/N-ethyl adjacent to an activating group) is 1. The summed E-state index contributed by atoms with van der Waals surface area (Å²) in [5.74, 6) is -0.751. The third-order valence-electron chi connectivity index (χ3n) is 4.56. The third-order valence-corrected chi connectivity index (χ3v) is 4.56. The first-order valence-electron chi connectivity index (χ1n) is 8.63. The summed E-state index contributed by atoms with van der Waals surface area (Å²) in [5, 5.41) is 8.84. The van der Waals surface area contributed by atoms with Crippen LogP contribution in [0.1, 0.15) is 25.8 Å². The monoisotopic (exact) mass is 348 g/mol. The van der Waals surface area contributed by atoms with Gasteiger partial charge in [0.05, 0.1) is 19.3 Å². The highest BCUT2D eigenvalue weighted by atomic mass is 16.5. The van der Waals surface area contributed by atoms with Gasteiger partial charge in [0.2, 0.25) is 5.91 Å². The Hall–Kier alpha value is -1.92. The number of morpholine rings is 1. The van der Waals surface area contributed by atoms with Crippen molar-refractivity contribution in [2.24, 2.45) is 0 Å². The van der Waals surface area contributed by atoms with Crippen LogP contribution in [0.4, 0.5) is 0 Å². The summed E-state index contributed by atoms with van der Waals surface area (Å²) in [6.45, 7) is 6.21. The molecule has 0 aliphatic carbocycles. The zero-order chi connectivity index (χ0) is 18.4. The maximum absolute atomic E-state index is 12.8. The molecule has 0 bridgehead atoms. The van der Waals surface area contributed by atoms with E-state index in [2.05, 4.69) is 26.0 Å². The summed E-state index contributed by atoms with van der Waals surface area (Å²) in [7, 11) is 1.75. The van der Waals surface area contributed by atoms with E-state index in [0.717, 1.165) is 5.56 Å². The van der Waals surface area contributed by atoms with Crippen molar-refractivity contribution in [2.75, 3.05) is 39.8 Å². The number of amides is 1. The molecule has 6 nitrogen and oxygen atoms in total. The quantitative estimate of drug-likeness (QED) is 0.810. The van der Waals surface area contributed by atoms with Gasteiger partial charge in [-0.3, -0.25) is 14.5 Å². The molecule has 0 saturated carbocycles. The number of aliphatic carboxylic acids is 1. The maximum Gasteiger partial charge on any atom is 0.317 e. The first-order valence-corrected chi connectivity index (χ1v) is 8.63. The zero-order valence-electron chi connectivity index (χ0n) is 15.3. The van der Waals surface area contributed by atoms with Crippen LogP contribution in [-0.4, -0.2) is 72.7 Å². The van der Waals surface area contributed by atoms with Gasteiger partial charge in [-0.25, -0.2) is 0 Å². The van der Waals surface area contributed by atoms with Gasteiger partial charge in [-0.15, -0.1) is 0 Å². The molecule has 0 aromatic heterocycles. The van der Waals surface area contributed by atoms with Gasteiger partial charge in [0.25, 0.3) is 0 Å². The van der Waals surface area contributed by atoms with Gasteiger partial charge in [0.15, 0.2) is 0 Å². The molecule has 1 aliphatic rings. The Labute approximate surface area is 149 Å². The molecule has 0 radical (unpaired) electrons. The Kier molecular flexibility index (Phi) is 6.56. The minimum atomic E-state index is -0.865. The molecular weight excluding hydrogens is 320 g/mol. The van der Waals surface area contributed by atoms with E-state index in [1.54, 1.807) is 11.9 Å². The Morgan fingerprint density at radius 1 is 1.32 bits per heavy atom. The molecule has 1 aliphatic heterocycles. The minimum Gasteiger partial charge on any atom is -0.480 e. The summed E-state index contributed by atoms with van der Waals surface area (Å²) in [5.41, 5.74) is 0.918. The minimum absolute atomic E-state index is 0.0329. The number of carbonyl (C=O) groups is 2. The van der Waals surface area contributed by atoms with Crippen LogP contribution in [0.3, 0.4) is 0 Å². The molecule has 2 rings (SSSR count). The number of carbonyl (C=O) groups excluding carboxylic acids is 1. The first kappa shape index (κ1) is 19.4. The van der Waals surface area contributed by atoms with Crippen molar-refractivity contribution in [1.82, 2.24) is 9.80 Å². The SMILES string of the molecule is CN(CC(=O)O)CC1CN(C(=O)CC(C)(C)c2ccccc2)CCO1. The van der Waals surface area contributed by atoms with Crippen LogP contribution in [0.5, 0.6) is 0 Å². The highest BCUT2D eigenvalue weighted by Crippen LogP contribution is 2.28. The van der Waals surface area contributed by atoms with Crippen molar-refractivity contribution in [1.29, 1.82) is 0 Å². The van der Waals surface area contributed by atoms with E-state index < -0.39 is 5.97 Å². The molecule has 1 aromatic carbocycles.